The number of hydrogen-bond donors (Lipinski definition) is 1. The van der Waals surface area contributed by atoms with Gasteiger partial charge >= 0.3 is 0 Å². The van der Waals surface area contributed by atoms with E-state index in [1.54, 1.807) is 7.05 Å². The van der Waals surface area contributed by atoms with E-state index >= 15 is 0 Å². The smallest absolute Gasteiger partial charge is 0.0668 e. The van der Waals surface area contributed by atoms with Gasteiger partial charge in [-0.3, -0.25) is 0 Å². The molecule has 0 aliphatic carbocycles. The molecule has 0 heterocycles. The lowest BCUT2D eigenvalue weighted by Crippen LogP contribution is -1.88. The molecule has 0 aromatic heterocycles. The van der Waals surface area contributed by atoms with Crippen LogP contribution in [0.1, 0.15) is 0 Å². The van der Waals surface area contributed by atoms with Gasteiger partial charge in [-0.1, -0.05) is 0 Å². The zero-order valence-corrected chi connectivity index (χ0v) is 2.52. The summed E-state index contributed by atoms with van der Waals surface area (Å²) in [6.07, 6.45) is 0. The number of hydrogen-bond acceptors (Lipinski definition) is 2. The molecule has 0 atom stereocenters. The minimum Gasteiger partial charge on any atom is -0.313 e. The summed E-state index contributed by atoms with van der Waals surface area (Å²) in [5.41, 5.74) is 2.33. The third kappa shape index (κ3) is 1.47. The molecule has 2 heteroatoms. The highest BCUT2D eigenvalue weighted by Crippen LogP contribution is 1.27. The average molecular weight is 57.1 g/mol. The Hall–Kier alpha value is -0.530. The van der Waals surface area contributed by atoms with Crippen molar-refractivity contribution in [1.29, 1.82) is 0 Å². The fourth-order valence-corrected chi connectivity index (χ4v) is 0. The van der Waals surface area contributed by atoms with Crippen molar-refractivity contribution in [3.8, 4) is 0 Å². The maximum Gasteiger partial charge on any atom is 0.0668 e. The second-order valence-corrected chi connectivity index (χ2v) is 0.353. The van der Waals surface area contributed by atoms with Gasteiger partial charge < -0.3 is 5.43 Å². The lowest BCUT2D eigenvalue weighted by atomic mass is 11.5. The lowest BCUT2D eigenvalue weighted by molar-refractivity contribution is 0.913. The summed E-state index contributed by atoms with van der Waals surface area (Å²) in [6.45, 7) is 4.54. The highest BCUT2D eigenvalue weighted by Gasteiger charge is 1.34. The Labute approximate surface area is 25.5 Å². The maximum absolute atomic E-state index is 4.54. The van der Waals surface area contributed by atoms with Crippen LogP contribution in [0.3, 0.4) is 0 Å². The first kappa shape index (κ1) is 3.47. The van der Waals surface area contributed by atoms with Gasteiger partial charge in [-0.25, -0.2) is 0 Å². The van der Waals surface area contributed by atoms with Crippen molar-refractivity contribution in [3.63, 3.8) is 0 Å². The van der Waals surface area contributed by atoms with Gasteiger partial charge in [0.1, 0.15) is 0 Å². The minimum absolute atomic E-state index is 1.64. The van der Waals surface area contributed by atoms with Crippen LogP contribution in [0, 0.1) is 0 Å². The quantitative estimate of drug-likeness (QED) is 0.324. The molecule has 0 unspecified atom stereocenters. The molecule has 0 spiro atoms. The van der Waals surface area contributed by atoms with E-state index in [1.807, 2.05) is 0 Å². The molecule has 0 bridgehead atoms. The van der Waals surface area contributed by atoms with Crippen molar-refractivity contribution < 1.29 is 0 Å². The number of nitrogens with one attached hydrogen (secondary N) is 1. The van der Waals surface area contributed by atoms with Crippen LogP contribution >= 0.6 is 0 Å². The summed E-state index contributed by atoms with van der Waals surface area (Å²) >= 11 is 0. The van der Waals surface area contributed by atoms with Crippen LogP contribution in [0.5, 0.6) is 0 Å². The van der Waals surface area contributed by atoms with E-state index in [0.29, 0.717) is 0 Å². The predicted octanol–water partition coefficient (Wildman–Crippen LogP) is -0.302. The number of nitrogens with zero attached hydrogens (tertiary/aromatic N) is 1. The molecular formula is C2H5N2. The van der Waals surface area contributed by atoms with Crippen LogP contribution in [0.2, 0.25) is 0 Å². The van der Waals surface area contributed by atoms with E-state index < -0.39 is 0 Å². The fraction of sp³-hybridized carbons (Fsp3) is 0.500. The molecule has 2 nitrogen and oxygen atoms in total. The predicted molar refractivity (Wildman–Crippen MR) is 17.6 cm³/mol. The summed E-state index contributed by atoms with van der Waals surface area (Å²) in [5, 5.41) is 2.99. The third-order valence-corrected chi connectivity index (χ3v) is 0.129. The highest BCUT2D eigenvalue weighted by atomic mass is 15.2. The average Bonchev–Trinajstić information content (AvgIpc) is 1.37. The first-order chi connectivity index (χ1) is 1.91. The van der Waals surface area contributed by atoms with Gasteiger partial charge in [0.2, 0.25) is 0 Å². The molecule has 23 valence electrons. The molecule has 1 radical (unpaired) electrons. The van der Waals surface area contributed by atoms with Crippen LogP contribution in [0.15, 0.2) is 5.10 Å². The minimum atomic E-state index is 1.64. The zero-order valence-electron chi connectivity index (χ0n) is 2.52. The second-order valence-electron chi connectivity index (χ2n) is 0.353. The van der Waals surface area contributed by atoms with Crippen molar-refractivity contribution >= 4 is 6.72 Å². The van der Waals surface area contributed by atoms with Crippen molar-refractivity contribution in [3.05, 3.63) is 0 Å². The van der Waals surface area contributed by atoms with Gasteiger partial charge in [0.25, 0.3) is 0 Å². The summed E-state index contributed by atoms with van der Waals surface area (Å²) in [4.78, 5) is 0. The zero-order chi connectivity index (χ0) is 3.41. The SMILES string of the molecule is [CH]=NNC. The Morgan fingerprint density at radius 1 is 2.00 bits per heavy atom. The molecule has 4 heavy (non-hydrogen) atoms. The molecule has 0 saturated carbocycles. The summed E-state index contributed by atoms with van der Waals surface area (Å²) < 4.78 is 0. The molecule has 0 saturated heterocycles. The van der Waals surface area contributed by atoms with E-state index in [9.17, 15) is 0 Å². The van der Waals surface area contributed by atoms with E-state index in [4.69, 9.17) is 0 Å². The molecule has 0 aromatic carbocycles. The van der Waals surface area contributed by atoms with Crippen LogP contribution in [-0.4, -0.2) is 13.8 Å². The van der Waals surface area contributed by atoms with Crippen LogP contribution < -0.4 is 5.43 Å². The van der Waals surface area contributed by atoms with E-state index in [2.05, 4.69) is 17.2 Å². The molecule has 0 aliphatic rings. The number of rotatable bonds is 1. The first-order valence-corrected chi connectivity index (χ1v) is 0.982. The molecule has 0 amide bonds. The monoisotopic (exact) mass is 57.0 g/mol. The molecule has 0 aliphatic heterocycles. The van der Waals surface area contributed by atoms with E-state index in [1.165, 1.54) is 0 Å². The third-order valence-electron chi connectivity index (χ3n) is 0.129. The van der Waals surface area contributed by atoms with Crippen LogP contribution in [0.25, 0.3) is 0 Å². The van der Waals surface area contributed by atoms with Crippen molar-refractivity contribution in [2.75, 3.05) is 7.05 Å². The Morgan fingerprint density at radius 3 is 2.25 bits per heavy atom. The van der Waals surface area contributed by atoms with Crippen molar-refractivity contribution in [2.24, 2.45) is 5.10 Å². The first-order valence-electron chi connectivity index (χ1n) is 0.982. The molecule has 0 aromatic rings. The van der Waals surface area contributed by atoms with E-state index in [0.717, 1.165) is 0 Å². The van der Waals surface area contributed by atoms with Gasteiger partial charge in [-0.05, 0) is 0 Å². The van der Waals surface area contributed by atoms with Crippen LogP contribution in [0.4, 0.5) is 0 Å². The molecule has 0 fully saturated rings. The summed E-state index contributed by atoms with van der Waals surface area (Å²) in [6, 6.07) is 0. The van der Waals surface area contributed by atoms with Gasteiger partial charge in [0, 0.05) is 7.05 Å². The summed E-state index contributed by atoms with van der Waals surface area (Å²) in [7, 11) is 1.64. The standard InChI is InChI=1S/C2H5N2/c1-3-4-2/h1,4H,2H3. The second kappa shape index (κ2) is 2.47. The van der Waals surface area contributed by atoms with Crippen LogP contribution in [-0.2, 0) is 0 Å². The molecular weight excluding hydrogens is 52.0 g/mol. The Morgan fingerprint density at radius 2 is 2.25 bits per heavy atom. The van der Waals surface area contributed by atoms with Gasteiger partial charge in [-0.2, -0.15) is 5.10 Å². The summed E-state index contributed by atoms with van der Waals surface area (Å²) in [5.74, 6) is 0. The Kier molecular flexibility index (Phi) is 2.14. The van der Waals surface area contributed by atoms with E-state index in [-0.39, 0.29) is 0 Å². The maximum atomic E-state index is 4.54. The molecule has 1 N–H and O–H groups in total. The van der Waals surface area contributed by atoms with Crippen molar-refractivity contribution in [2.45, 2.75) is 0 Å². The van der Waals surface area contributed by atoms with Gasteiger partial charge in [-0.15, -0.1) is 0 Å². The van der Waals surface area contributed by atoms with Crippen molar-refractivity contribution in [1.82, 2.24) is 5.43 Å². The molecule has 0 rings (SSSR count). The van der Waals surface area contributed by atoms with Gasteiger partial charge in [0.15, 0.2) is 0 Å². The highest BCUT2D eigenvalue weighted by molar-refractivity contribution is 5.22. The normalized spacial score (nSPS) is 5.25. The fourth-order valence-electron chi connectivity index (χ4n) is 0. The Balaban J connectivity index is 2.30. The number of hydrazone groups is 1. The lowest BCUT2D eigenvalue weighted by Gasteiger charge is -1.70. The van der Waals surface area contributed by atoms with Gasteiger partial charge in [0.05, 0.1) is 6.72 Å². The topological polar surface area (TPSA) is 24.4 Å². The Bertz CT molecular complexity index is 18.0. The largest absolute Gasteiger partial charge is 0.313 e.